The molecule has 3 heteroatoms. The molecule has 72 valence electrons. The average Bonchev–Trinajstić information content (AvgIpc) is 2.14. The van der Waals surface area contributed by atoms with Crippen LogP contribution in [0.25, 0.3) is 0 Å². The van der Waals surface area contributed by atoms with Crippen molar-refractivity contribution in [1.82, 2.24) is 0 Å². The van der Waals surface area contributed by atoms with E-state index in [2.05, 4.69) is 22.9 Å². The Kier molecular flexibility index (Phi) is 4.57. The molecular formula is C10H11BrCl2. The van der Waals surface area contributed by atoms with Crippen molar-refractivity contribution in [2.24, 2.45) is 0 Å². The number of hydrogen-bond acceptors (Lipinski definition) is 0. The van der Waals surface area contributed by atoms with E-state index in [0.29, 0.717) is 5.88 Å². The maximum absolute atomic E-state index is 5.99. The fourth-order valence-electron chi connectivity index (χ4n) is 1.28. The molecule has 0 aromatic heterocycles. The summed E-state index contributed by atoms with van der Waals surface area (Å²) in [6, 6.07) is 3.87. The summed E-state index contributed by atoms with van der Waals surface area (Å²) >= 11 is 15.3. The van der Waals surface area contributed by atoms with Crippen LogP contribution < -0.4 is 0 Å². The summed E-state index contributed by atoms with van der Waals surface area (Å²) in [4.78, 5) is 0. The molecule has 13 heavy (non-hydrogen) atoms. The van der Waals surface area contributed by atoms with Crippen molar-refractivity contribution in [3.05, 3.63) is 32.8 Å². The van der Waals surface area contributed by atoms with Crippen LogP contribution in [0.15, 0.2) is 16.6 Å². The molecule has 0 saturated carbocycles. The Morgan fingerprint density at radius 1 is 1.38 bits per heavy atom. The van der Waals surface area contributed by atoms with Crippen molar-refractivity contribution in [3.63, 3.8) is 0 Å². The molecule has 1 aromatic rings. The molecule has 1 aromatic carbocycles. The second-order valence-corrected chi connectivity index (χ2v) is 4.35. The van der Waals surface area contributed by atoms with E-state index in [1.54, 1.807) is 0 Å². The average molecular weight is 282 g/mol. The molecule has 0 saturated heterocycles. The van der Waals surface area contributed by atoms with E-state index < -0.39 is 0 Å². The molecule has 0 spiro atoms. The quantitative estimate of drug-likeness (QED) is 0.699. The first-order valence-corrected chi connectivity index (χ1v) is 5.93. The third-order valence-corrected chi connectivity index (χ3v) is 3.67. The van der Waals surface area contributed by atoms with Crippen LogP contribution in [-0.2, 0) is 12.3 Å². The zero-order chi connectivity index (χ0) is 9.84. The van der Waals surface area contributed by atoms with E-state index >= 15 is 0 Å². The highest BCUT2D eigenvalue weighted by molar-refractivity contribution is 9.10. The van der Waals surface area contributed by atoms with Crippen LogP contribution in [0.4, 0.5) is 0 Å². The summed E-state index contributed by atoms with van der Waals surface area (Å²) < 4.78 is 0.995. The lowest BCUT2D eigenvalue weighted by Gasteiger charge is -2.09. The van der Waals surface area contributed by atoms with Gasteiger partial charge in [-0.25, -0.2) is 0 Å². The van der Waals surface area contributed by atoms with E-state index in [-0.39, 0.29) is 0 Å². The number of alkyl halides is 1. The first kappa shape index (κ1) is 11.4. The highest BCUT2D eigenvalue weighted by Crippen LogP contribution is 2.30. The minimum Gasteiger partial charge on any atom is -0.122 e. The number of halogens is 3. The molecule has 0 N–H and O–H groups in total. The van der Waals surface area contributed by atoms with Gasteiger partial charge in [-0.2, -0.15) is 0 Å². The van der Waals surface area contributed by atoms with Gasteiger partial charge in [0.2, 0.25) is 0 Å². The summed E-state index contributed by atoms with van der Waals surface area (Å²) in [5.74, 6) is 0.547. The lowest BCUT2D eigenvalue weighted by Crippen LogP contribution is -1.93. The second kappa shape index (κ2) is 5.23. The van der Waals surface area contributed by atoms with E-state index in [1.165, 1.54) is 11.1 Å². The third kappa shape index (κ3) is 2.61. The number of hydrogen-bond donors (Lipinski definition) is 0. The van der Waals surface area contributed by atoms with Crippen molar-refractivity contribution >= 4 is 39.1 Å². The number of benzene rings is 1. The fraction of sp³-hybridized carbons (Fsp3) is 0.400. The monoisotopic (exact) mass is 280 g/mol. The molecule has 0 radical (unpaired) electrons. The molecule has 1 rings (SSSR count). The largest absolute Gasteiger partial charge is 0.122 e. The SMILES string of the molecule is CCCc1c(CCl)ccc(Cl)c1Br. The summed E-state index contributed by atoms with van der Waals surface area (Å²) in [7, 11) is 0. The van der Waals surface area contributed by atoms with Gasteiger partial charge in [0.25, 0.3) is 0 Å². The summed E-state index contributed by atoms with van der Waals surface area (Å²) in [5, 5.41) is 0.761. The minimum atomic E-state index is 0.547. The lowest BCUT2D eigenvalue weighted by atomic mass is 10.0. The van der Waals surface area contributed by atoms with Crippen LogP contribution in [0, 0.1) is 0 Å². The normalized spacial score (nSPS) is 10.5. The minimum absolute atomic E-state index is 0.547. The summed E-state index contributed by atoms with van der Waals surface area (Å²) in [6.45, 7) is 2.14. The molecule has 0 aliphatic heterocycles. The molecule has 0 atom stereocenters. The van der Waals surface area contributed by atoms with E-state index in [4.69, 9.17) is 23.2 Å². The predicted molar refractivity (Wildman–Crippen MR) is 62.7 cm³/mol. The van der Waals surface area contributed by atoms with Crippen molar-refractivity contribution in [2.45, 2.75) is 25.6 Å². The van der Waals surface area contributed by atoms with Crippen molar-refractivity contribution in [1.29, 1.82) is 0 Å². The summed E-state index contributed by atoms with van der Waals surface area (Å²) in [6.07, 6.45) is 2.12. The standard InChI is InChI=1S/C10H11BrCl2/c1-2-3-8-7(6-12)4-5-9(13)10(8)11/h4-5H,2-3,6H2,1H3. The smallest absolute Gasteiger partial charge is 0.0551 e. The molecular weight excluding hydrogens is 271 g/mol. The van der Waals surface area contributed by atoms with Gasteiger partial charge >= 0.3 is 0 Å². The van der Waals surface area contributed by atoms with Gasteiger partial charge in [0.05, 0.1) is 5.02 Å². The zero-order valence-corrected chi connectivity index (χ0v) is 10.5. The van der Waals surface area contributed by atoms with Crippen molar-refractivity contribution in [2.75, 3.05) is 0 Å². The molecule has 0 aliphatic rings. The third-order valence-electron chi connectivity index (χ3n) is 1.94. The van der Waals surface area contributed by atoms with Crippen molar-refractivity contribution < 1.29 is 0 Å². The van der Waals surface area contributed by atoms with Crippen LogP contribution in [0.5, 0.6) is 0 Å². The van der Waals surface area contributed by atoms with E-state index in [9.17, 15) is 0 Å². The Balaban J connectivity index is 3.15. The molecule has 0 heterocycles. The van der Waals surface area contributed by atoms with Crippen molar-refractivity contribution in [3.8, 4) is 0 Å². The molecule has 0 nitrogen and oxygen atoms in total. The molecule has 0 amide bonds. The van der Waals surface area contributed by atoms with E-state index in [0.717, 1.165) is 22.3 Å². The van der Waals surface area contributed by atoms with Gasteiger partial charge in [0.15, 0.2) is 0 Å². The molecule has 0 fully saturated rings. The molecule has 0 aliphatic carbocycles. The van der Waals surface area contributed by atoms with Crippen LogP contribution in [0.1, 0.15) is 24.5 Å². The predicted octanol–water partition coefficient (Wildman–Crippen LogP) is 4.79. The first-order valence-electron chi connectivity index (χ1n) is 4.22. The van der Waals surface area contributed by atoms with Crippen LogP contribution in [-0.4, -0.2) is 0 Å². The van der Waals surface area contributed by atoms with Crippen LogP contribution >= 0.6 is 39.1 Å². The zero-order valence-electron chi connectivity index (χ0n) is 7.41. The van der Waals surface area contributed by atoms with Gasteiger partial charge in [-0.05, 0) is 39.5 Å². The second-order valence-electron chi connectivity index (χ2n) is 2.88. The molecule has 0 bridgehead atoms. The number of rotatable bonds is 3. The Morgan fingerprint density at radius 2 is 2.08 bits per heavy atom. The Labute approximate surface area is 97.4 Å². The van der Waals surface area contributed by atoms with Gasteiger partial charge in [-0.1, -0.05) is 31.0 Å². The Morgan fingerprint density at radius 3 is 2.62 bits per heavy atom. The highest BCUT2D eigenvalue weighted by Gasteiger charge is 2.08. The van der Waals surface area contributed by atoms with Gasteiger partial charge in [0.1, 0.15) is 0 Å². The summed E-state index contributed by atoms with van der Waals surface area (Å²) in [5.41, 5.74) is 2.41. The Hall–Kier alpha value is 0.280. The Bertz CT molecular complexity index is 297. The topological polar surface area (TPSA) is 0 Å². The maximum Gasteiger partial charge on any atom is 0.0551 e. The lowest BCUT2D eigenvalue weighted by molar-refractivity contribution is 0.905. The van der Waals surface area contributed by atoms with Crippen LogP contribution in [0.3, 0.4) is 0 Å². The first-order chi connectivity index (χ1) is 6.20. The highest BCUT2D eigenvalue weighted by atomic mass is 79.9. The van der Waals surface area contributed by atoms with Crippen LogP contribution in [0.2, 0.25) is 5.02 Å². The molecule has 0 unspecified atom stereocenters. The fourth-order valence-corrected chi connectivity index (χ4v) is 2.29. The van der Waals surface area contributed by atoms with Gasteiger partial charge < -0.3 is 0 Å². The van der Waals surface area contributed by atoms with Gasteiger partial charge in [0, 0.05) is 10.4 Å². The van der Waals surface area contributed by atoms with E-state index in [1.807, 2.05) is 12.1 Å². The van der Waals surface area contributed by atoms with Gasteiger partial charge in [-0.15, -0.1) is 11.6 Å². The van der Waals surface area contributed by atoms with Gasteiger partial charge in [-0.3, -0.25) is 0 Å². The maximum atomic E-state index is 5.99.